The molecule has 0 aliphatic heterocycles. The Bertz CT molecular complexity index is 536. The third-order valence-electron chi connectivity index (χ3n) is 2.54. The van der Waals surface area contributed by atoms with Crippen molar-refractivity contribution in [2.24, 2.45) is 0 Å². The topological polar surface area (TPSA) is 34.9 Å². The van der Waals surface area contributed by atoms with Crippen molar-refractivity contribution in [2.45, 2.75) is 19.4 Å². The maximum Gasteiger partial charge on any atom is 0.274 e. The molecule has 2 aromatic rings. The van der Waals surface area contributed by atoms with Crippen molar-refractivity contribution >= 4 is 23.4 Å². The van der Waals surface area contributed by atoms with Crippen molar-refractivity contribution in [1.82, 2.24) is 9.78 Å². The first-order valence-electron chi connectivity index (χ1n) is 5.38. The quantitative estimate of drug-likeness (QED) is 0.649. The summed E-state index contributed by atoms with van der Waals surface area (Å²) < 4.78 is 1.53. The summed E-state index contributed by atoms with van der Waals surface area (Å²) >= 11 is 4.14. The van der Waals surface area contributed by atoms with Gasteiger partial charge in [-0.3, -0.25) is 4.79 Å². The molecule has 0 spiro atoms. The lowest BCUT2D eigenvalue weighted by Gasteiger charge is -2.04. The summed E-state index contributed by atoms with van der Waals surface area (Å²) in [5.74, 6) is 0.850. The molecule has 0 saturated heterocycles. The van der Waals surface area contributed by atoms with Crippen LogP contribution in [-0.2, 0) is 6.54 Å². The first-order chi connectivity index (χ1) is 7.83. The highest BCUT2D eigenvalue weighted by Gasteiger charge is 2.02. The van der Waals surface area contributed by atoms with Crippen LogP contribution < -0.4 is 5.56 Å². The molecule has 1 aromatic carbocycles. The molecule has 0 fully saturated rings. The Kier molecular flexibility index (Phi) is 3.62. The molecule has 0 amide bonds. The van der Waals surface area contributed by atoms with E-state index < -0.39 is 0 Å². The predicted molar refractivity (Wildman–Crippen MR) is 69.1 cm³/mol. The summed E-state index contributed by atoms with van der Waals surface area (Å²) in [5, 5.41) is 5.80. The van der Waals surface area contributed by atoms with Gasteiger partial charge in [-0.2, -0.15) is 17.7 Å². The average Bonchev–Trinajstić information content (AvgIpc) is 2.33. The van der Waals surface area contributed by atoms with E-state index in [1.54, 1.807) is 6.20 Å². The first-order valence-corrected chi connectivity index (χ1v) is 6.02. The summed E-state index contributed by atoms with van der Waals surface area (Å²) in [5.41, 5.74) is -0.00253. The normalized spacial score (nSPS) is 10.8. The zero-order valence-corrected chi connectivity index (χ0v) is 9.86. The molecular weight excluding hydrogens is 220 g/mol. The summed E-state index contributed by atoms with van der Waals surface area (Å²) in [6.45, 7) is 0.671. The van der Waals surface area contributed by atoms with Gasteiger partial charge in [0, 0.05) is 11.9 Å². The minimum absolute atomic E-state index is 0.00253. The van der Waals surface area contributed by atoms with Crippen molar-refractivity contribution in [1.29, 1.82) is 0 Å². The lowest BCUT2D eigenvalue weighted by atomic mass is 10.2. The number of hydrogen-bond donors (Lipinski definition) is 1. The Morgan fingerprint density at radius 2 is 2.06 bits per heavy atom. The molecule has 3 nitrogen and oxygen atoms in total. The number of unbranched alkanes of at least 4 members (excludes halogenated alkanes) is 1. The van der Waals surface area contributed by atoms with E-state index in [0.717, 1.165) is 29.4 Å². The van der Waals surface area contributed by atoms with E-state index in [0.29, 0.717) is 6.54 Å². The van der Waals surface area contributed by atoms with Crippen molar-refractivity contribution in [3.8, 4) is 0 Å². The van der Waals surface area contributed by atoms with E-state index >= 15 is 0 Å². The number of aromatic nitrogens is 2. The highest BCUT2D eigenvalue weighted by molar-refractivity contribution is 7.80. The van der Waals surface area contributed by atoms with Crippen molar-refractivity contribution < 1.29 is 0 Å². The molecule has 0 bridgehead atoms. The molecular formula is C12H14N2OS. The lowest BCUT2D eigenvalue weighted by molar-refractivity contribution is 0.549. The summed E-state index contributed by atoms with van der Waals surface area (Å²) in [4.78, 5) is 12.0. The van der Waals surface area contributed by atoms with Crippen LogP contribution in [0.2, 0.25) is 0 Å². The second-order valence-electron chi connectivity index (χ2n) is 3.69. The summed E-state index contributed by atoms with van der Waals surface area (Å²) in [6.07, 6.45) is 3.69. The molecule has 0 aliphatic rings. The van der Waals surface area contributed by atoms with E-state index in [1.165, 1.54) is 4.68 Å². The van der Waals surface area contributed by atoms with E-state index in [2.05, 4.69) is 17.7 Å². The molecule has 0 saturated carbocycles. The number of fused-ring (bicyclic) bond motifs is 1. The van der Waals surface area contributed by atoms with Gasteiger partial charge < -0.3 is 0 Å². The van der Waals surface area contributed by atoms with Crippen LogP contribution in [0.25, 0.3) is 10.8 Å². The van der Waals surface area contributed by atoms with Gasteiger partial charge in [-0.05, 0) is 24.7 Å². The molecule has 0 N–H and O–H groups in total. The largest absolute Gasteiger partial charge is 0.274 e. The fraction of sp³-hybridized carbons (Fsp3) is 0.333. The van der Waals surface area contributed by atoms with Crippen molar-refractivity contribution in [3.63, 3.8) is 0 Å². The van der Waals surface area contributed by atoms with E-state index in [1.807, 2.05) is 24.3 Å². The van der Waals surface area contributed by atoms with Crippen molar-refractivity contribution in [2.75, 3.05) is 5.75 Å². The Labute approximate surface area is 99.5 Å². The monoisotopic (exact) mass is 234 g/mol. The van der Waals surface area contributed by atoms with Gasteiger partial charge in [-0.25, -0.2) is 4.68 Å². The fourth-order valence-corrected chi connectivity index (χ4v) is 1.88. The second-order valence-corrected chi connectivity index (χ2v) is 4.14. The highest BCUT2D eigenvalue weighted by Crippen LogP contribution is 2.06. The average molecular weight is 234 g/mol. The van der Waals surface area contributed by atoms with Gasteiger partial charge in [0.2, 0.25) is 0 Å². The van der Waals surface area contributed by atoms with Crippen LogP contribution in [0.15, 0.2) is 35.3 Å². The number of aryl methyl sites for hydroxylation is 1. The Morgan fingerprint density at radius 1 is 1.25 bits per heavy atom. The smallest absolute Gasteiger partial charge is 0.267 e. The molecule has 4 heteroatoms. The minimum atomic E-state index is -0.00253. The van der Waals surface area contributed by atoms with Gasteiger partial charge >= 0.3 is 0 Å². The zero-order chi connectivity index (χ0) is 11.4. The molecule has 0 radical (unpaired) electrons. The molecule has 2 rings (SSSR count). The van der Waals surface area contributed by atoms with E-state index in [4.69, 9.17) is 0 Å². The van der Waals surface area contributed by atoms with Crippen LogP contribution in [-0.4, -0.2) is 15.5 Å². The summed E-state index contributed by atoms with van der Waals surface area (Å²) in [7, 11) is 0. The van der Waals surface area contributed by atoms with Crippen LogP contribution >= 0.6 is 12.6 Å². The van der Waals surface area contributed by atoms with Gasteiger partial charge in [-0.15, -0.1) is 0 Å². The Morgan fingerprint density at radius 3 is 2.88 bits per heavy atom. The third-order valence-corrected chi connectivity index (χ3v) is 2.86. The van der Waals surface area contributed by atoms with Gasteiger partial charge in [0.25, 0.3) is 5.56 Å². The molecule has 0 unspecified atom stereocenters. The number of thiol groups is 1. The lowest BCUT2D eigenvalue weighted by Crippen LogP contribution is -2.22. The van der Waals surface area contributed by atoms with Crippen LogP contribution in [0.4, 0.5) is 0 Å². The third kappa shape index (κ3) is 2.27. The zero-order valence-electron chi connectivity index (χ0n) is 8.97. The number of benzene rings is 1. The molecule has 1 aromatic heterocycles. The molecule has 16 heavy (non-hydrogen) atoms. The maximum atomic E-state index is 12.0. The number of nitrogens with zero attached hydrogens (tertiary/aromatic N) is 2. The van der Waals surface area contributed by atoms with Crippen LogP contribution in [0.5, 0.6) is 0 Å². The van der Waals surface area contributed by atoms with Gasteiger partial charge in [0.05, 0.1) is 11.6 Å². The van der Waals surface area contributed by atoms with Gasteiger partial charge in [0.15, 0.2) is 0 Å². The highest BCUT2D eigenvalue weighted by atomic mass is 32.1. The first kappa shape index (κ1) is 11.2. The van der Waals surface area contributed by atoms with E-state index in [9.17, 15) is 4.79 Å². The van der Waals surface area contributed by atoms with Gasteiger partial charge in [0.1, 0.15) is 0 Å². The fourth-order valence-electron chi connectivity index (χ4n) is 1.66. The summed E-state index contributed by atoms with van der Waals surface area (Å²) in [6, 6.07) is 7.53. The van der Waals surface area contributed by atoms with Crippen molar-refractivity contribution in [3.05, 3.63) is 40.8 Å². The maximum absolute atomic E-state index is 12.0. The predicted octanol–water partition coefficient (Wildman–Crippen LogP) is 2.11. The number of hydrogen-bond acceptors (Lipinski definition) is 3. The minimum Gasteiger partial charge on any atom is -0.267 e. The molecule has 0 atom stereocenters. The standard InChI is InChI=1S/C12H14N2OS/c15-12-11-6-2-1-5-10(11)9-13-14(12)7-3-4-8-16/h1-2,5-6,9,16H,3-4,7-8H2. The van der Waals surface area contributed by atoms with E-state index in [-0.39, 0.29) is 5.56 Å². The van der Waals surface area contributed by atoms with Gasteiger partial charge in [-0.1, -0.05) is 18.2 Å². The Hall–Kier alpha value is -1.29. The SMILES string of the molecule is O=c1c2ccccc2cnn1CCCCS. The van der Waals surface area contributed by atoms with Crippen LogP contribution in [0.1, 0.15) is 12.8 Å². The molecule has 0 aliphatic carbocycles. The van der Waals surface area contributed by atoms with Crippen LogP contribution in [0.3, 0.4) is 0 Å². The number of rotatable bonds is 4. The Balaban J connectivity index is 2.33. The molecule has 1 heterocycles. The second kappa shape index (κ2) is 5.16. The molecule has 84 valence electrons. The van der Waals surface area contributed by atoms with Crippen LogP contribution in [0, 0.1) is 0 Å².